The lowest BCUT2D eigenvalue weighted by Crippen LogP contribution is -2.29. The molecule has 7 nitrogen and oxygen atoms in total. The summed E-state index contributed by atoms with van der Waals surface area (Å²) in [4.78, 5) is 37.5. The fourth-order valence-electron chi connectivity index (χ4n) is 3.28. The fourth-order valence-corrected chi connectivity index (χ4v) is 4.35. The number of carbonyl (C=O) groups is 2. The molecule has 0 aliphatic carbocycles. The number of aromatic nitrogens is 3. The number of ether oxygens (including phenoxy) is 1. The van der Waals surface area contributed by atoms with Crippen molar-refractivity contribution in [2.75, 3.05) is 6.61 Å². The van der Waals surface area contributed by atoms with Crippen LogP contribution in [0.15, 0.2) is 53.8 Å². The molecule has 0 saturated heterocycles. The highest BCUT2D eigenvalue weighted by molar-refractivity contribution is 7.16. The Morgan fingerprint density at radius 1 is 1.24 bits per heavy atom. The van der Waals surface area contributed by atoms with Gasteiger partial charge in [-0.3, -0.25) is 4.79 Å². The maximum Gasteiger partial charge on any atom is 0.329 e. The van der Waals surface area contributed by atoms with Crippen molar-refractivity contribution >= 4 is 44.5 Å². The van der Waals surface area contributed by atoms with Gasteiger partial charge in [0.15, 0.2) is 4.80 Å². The average molecular weight is 408 g/mol. The van der Waals surface area contributed by atoms with Gasteiger partial charge in [-0.25, -0.2) is 9.78 Å². The third-order valence-electron chi connectivity index (χ3n) is 4.65. The third-order valence-corrected chi connectivity index (χ3v) is 5.69. The SMILES string of the molecule is CCOC(=O)C(CC)n1c(=NC(=O)c2ccc3nc[nH]c3c2)sc2ccccc21. The van der Waals surface area contributed by atoms with Crippen LogP contribution in [0.4, 0.5) is 0 Å². The Labute approximate surface area is 170 Å². The van der Waals surface area contributed by atoms with E-state index in [0.717, 1.165) is 21.3 Å². The number of hydrogen-bond donors (Lipinski definition) is 1. The van der Waals surface area contributed by atoms with Gasteiger partial charge in [0, 0.05) is 5.56 Å². The van der Waals surface area contributed by atoms with E-state index in [4.69, 9.17) is 4.74 Å². The molecule has 0 aliphatic rings. The highest BCUT2D eigenvalue weighted by Gasteiger charge is 2.23. The van der Waals surface area contributed by atoms with Gasteiger partial charge in [0.25, 0.3) is 5.91 Å². The van der Waals surface area contributed by atoms with Gasteiger partial charge in [-0.15, -0.1) is 0 Å². The van der Waals surface area contributed by atoms with Gasteiger partial charge in [0.1, 0.15) is 6.04 Å². The first kappa shape index (κ1) is 19.1. The number of H-pyrrole nitrogens is 1. The van der Waals surface area contributed by atoms with Crippen molar-refractivity contribution in [2.45, 2.75) is 26.3 Å². The molecule has 1 amide bonds. The molecule has 2 aromatic heterocycles. The number of esters is 1. The highest BCUT2D eigenvalue weighted by atomic mass is 32.1. The summed E-state index contributed by atoms with van der Waals surface area (Å²) < 4.78 is 8.02. The van der Waals surface area contributed by atoms with Crippen LogP contribution in [0.2, 0.25) is 0 Å². The number of para-hydroxylation sites is 1. The van der Waals surface area contributed by atoms with Gasteiger partial charge in [-0.05, 0) is 43.7 Å². The van der Waals surface area contributed by atoms with Crippen molar-refractivity contribution in [3.63, 3.8) is 0 Å². The Morgan fingerprint density at radius 2 is 2.07 bits per heavy atom. The number of thiazole rings is 1. The molecule has 4 rings (SSSR count). The van der Waals surface area contributed by atoms with Gasteiger partial charge in [-0.2, -0.15) is 4.99 Å². The van der Waals surface area contributed by atoms with E-state index >= 15 is 0 Å². The number of carbonyl (C=O) groups excluding carboxylic acids is 2. The van der Waals surface area contributed by atoms with Crippen molar-refractivity contribution in [1.82, 2.24) is 14.5 Å². The molecule has 2 heterocycles. The molecule has 0 radical (unpaired) electrons. The minimum atomic E-state index is -0.548. The first-order valence-corrected chi connectivity index (χ1v) is 10.2. The number of benzene rings is 2. The quantitative estimate of drug-likeness (QED) is 0.508. The topological polar surface area (TPSA) is 89.3 Å². The minimum Gasteiger partial charge on any atom is -0.464 e. The molecule has 0 spiro atoms. The second kappa shape index (κ2) is 8.00. The maximum absolute atomic E-state index is 12.9. The summed E-state index contributed by atoms with van der Waals surface area (Å²) in [5, 5.41) is 0. The minimum absolute atomic E-state index is 0.299. The third kappa shape index (κ3) is 3.58. The number of imidazole rings is 1. The summed E-state index contributed by atoms with van der Waals surface area (Å²) in [6.45, 7) is 3.99. The van der Waals surface area contributed by atoms with Crippen LogP contribution in [0.25, 0.3) is 21.3 Å². The van der Waals surface area contributed by atoms with Crippen LogP contribution in [0.3, 0.4) is 0 Å². The second-order valence-electron chi connectivity index (χ2n) is 6.45. The number of nitrogens with one attached hydrogen (secondary N) is 1. The van der Waals surface area contributed by atoms with E-state index in [-0.39, 0.29) is 11.9 Å². The molecule has 0 saturated carbocycles. The van der Waals surface area contributed by atoms with E-state index in [0.29, 0.717) is 23.4 Å². The molecule has 148 valence electrons. The summed E-state index contributed by atoms with van der Waals surface area (Å²) in [6.07, 6.45) is 2.11. The number of rotatable bonds is 5. The summed E-state index contributed by atoms with van der Waals surface area (Å²) in [5.41, 5.74) is 2.86. The van der Waals surface area contributed by atoms with Crippen molar-refractivity contribution in [3.05, 3.63) is 59.2 Å². The zero-order chi connectivity index (χ0) is 20.4. The average Bonchev–Trinajstić information content (AvgIpc) is 3.33. The number of amides is 1. The van der Waals surface area contributed by atoms with Crippen LogP contribution in [0.1, 0.15) is 36.7 Å². The molecule has 1 atom stereocenters. The molecular formula is C21H20N4O3S. The monoisotopic (exact) mass is 408 g/mol. The smallest absolute Gasteiger partial charge is 0.329 e. The lowest BCUT2D eigenvalue weighted by atomic mass is 10.2. The standard InChI is InChI=1S/C21H20N4O3S/c1-3-16(20(27)28-4-2)25-17-7-5-6-8-18(17)29-21(25)24-19(26)13-9-10-14-15(11-13)23-12-22-14/h5-12,16H,3-4H2,1-2H3,(H,22,23). The van der Waals surface area contributed by atoms with Crippen molar-refractivity contribution in [2.24, 2.45) is 4.99 Å². The first-order chi connectivity index (χ1) is 14.1. The van der Waals surface area contributed by atoms with E-state index in [1.165, 1.54) is 11.3 Å². The van der Waals surface area contributed by atoms with Gasteiger partial charge in [0.05, 0.1) is 34.2 Å². The Hall–Kier alpha value is -3.26. The summed E-state index contributed by atoms with van der Waals surface area (Å²) >= 11 is 1.38. The zero-order valence-corrected chi connectivity index (χ0v) is 16.9. The maximum atomic E-state index is 12.9. The van der Waals surface area contributed by atoms with Crippen LogP contribution < -0.4 is 4.80 Å². The molecule has 1 N–H and O–H groups in total. The fraction of sp³-hybridized carbons (Fsp3) is 0.238. The van der Waals surface area contributed by atoms with Crippen molar-refractivity contribution in [3.8, 4) is 0 Å². The summed E-state index contributed by atoms with van der Waals surface area (Å²) in [5.74, 6) is -0.702. The van der Waals surface area contributed by atoms with Crippen molar-refractivity contribution in [1.29, 1.82) is 0 Å². The van der Waals surface area contributed by atoms with Crippen molar-refractivity contribution < 1.29 is 14.3 Å². The Morgan fingerprint density at radius 3 is 2.86 bits per heavy atom. The lowest BCUT2D eigenvalue weighted by molar-refractivity contribution is -0.147. The second-order valence-corrected chi connectivity index (χ2v) is 7.46. The number of hydrogen-bond acceptors (Lipinski definition) is 5. The predicted molar refractivity (Wildman–Crippen MR) is 112 cm³/mol. The highest BCUT2D eigenvalue weighted by Crippen LogP contribution is 2.23. The number of nitrogens with zero attached hydrogens (tertiary/aromatic N) is 3. The van der Waals surface area contributed by atoms with Crippen LogP contribution in [0.5, 0.6) is 0 Å². The largest absolute Gasteiger partial charge is 0.464 e. The first-order valence-electron chi connectivity index (χ1n) is 9.41. The molecule has 4 aromatic rings. The molecule has 0 fully saturated rings. The van der Waals surface area contributed by atoms with E-state index in [1.54, 1.807) is 31.5 Å². The molecule has 29 heavy (non-hydrogen) atoms. The van der Waals surface area contributed by atoms with E-state index in [9.17, 15) is 9.59 Å². The lowest BCUT2D eigenvalue weighted by Gasteiger charge is -2.16. The van der Waals surface area contributed by atoms with Gasteiger partial charge >= 0.3 is 5.97 Å². The van der Waals surface area contributed by atoms with Crippen LogP contribution in [0, 0.1) is 0 Å². The molecular weight excluding hydrogens is 388 g/mol. The van der Waals surface area contributed by atoms with Gasteiger partial charge < -0.3 is 14.3 Å². The predicted octanol–water partition coefficient (Wildman–Crippen LogP) is 3.83. The van der Waals surface area contributed by atoms with Gasteiger partial charge in [0.2, 0.25) is 0 Å². The normalized spacial score (nSPS) is 13.1. The molecule has 2 aromatic carbocycles. The van der Waals surface area contributed by atoms with Crippen LogP contribution >= 0.6 is 11.3 Å². The van der Waals surface area contributed by atoms with E-state index in [2.05, 4.69) is 15.0 Å². The van der Waals surface area contributed by atoms with Crippen LogP contribution in [-0.4, -0.2) is 33.0 Å². The zero-order valence-electron chi connectivity index (χ0n) is 16.1. The van der Waals surface area contributed by atoms with Gasteiger partial charge in [-0.1, -0.05) is 30.4 Å². The Kier molecular flexibility index (Phi) is 5.26. The number of aromatic amines is 1. The molecule has 1 unspecified atom stereocenters. The summed E-state index contributed by atoms with van der Waals surface area (Å²) in [6, 6.07) is 12.4. The number of fused-ring (bicyclic) bond motifs is 2. The van der Waals surface area contributed by atoms with E-state index in [1.807, 2.05) is 35.8 Å². The Balaban J connectivity index is 1.85. The Bertz CT molecular complexity index is 1270. The molecule has 0 aliphatic heterocycles. The summed E-state index contributed by atoms with van der Waals surface area (Å²) in [7, 11) is 0. The van der Waals surface area contributed by atoms with E-state index < -0.39 is 6.04 Å². The molecule has 8 heteroatoms. The van der Waals surface area contributed by atoms with Crippen LogP contribution in [-0.2, 0) is 9.53 Å². The molecule has 0 bridgehead atoms.